The minimum absolute atomic E-state index is 0.274. The highest BCUT2D eigenvalue weighted by atomic mass is 31.0. The van der Waals surface area contributed by atoms with E-state index in [0.717, 1.165) is 16.6 Å². The molecule has 0 aliphatic heterocycles. The lowest BCUT2D eigenvalue weighted by Crippen LogP contribution is -2.23. The fraction of sp³-hybridized carbons (Fsp3) is 0.391. The van der Waals surface area contributed by atoms with E-state index in [9.17, 15) is 18.4 Å². The maximum Gasteiger partial charge on any atom is 0.325 e. The van der Waals surface area contributed by atoms with Crippen LogP contribution in [0.15, 0.2) is 40.2 Å². The van der Waals surface area contributed by atoms with Gasteiger partial charge in [-0.05, 0) is 43.8 Å². The lowest BCUT2D eigenvalue weighted by molar-refractivity contribution is 0.121. The molecule has 0 amide bonds. The van der Waals surface area contributed by atoms with Gasteiger partial charge in [-0.2, -0.15) is 5.10 Å². The van der Waals surface area contributed by atoms with E-state index in [1.54, 1.807) is 18.2 Å². The Kier molecular flexibility index (Phi) is 11.9. The highest BCUT2D eigenvalue weighted by Crippen LogP contribution is 2.24. The van der Waals surface area contributed by atoms with Gasteiger partial charge >= 0.3 is 5.69 Å². The van der Waals surface area contributed by atoms with Crippen LogP contribution in [0.4, 0.5) is 8.78 Å². The molecule has 3 rings (SSSR count). The second kappa shape index (κ2) is 14.1. The summed E-state index contributed by atoms with van der Waals surface area (Å²) in [7, 11) is 3.43. The normalized spacial score (nSPS) is 11.0. The van der Waals surface area contributed by atoms with Crippen LogP contribution in [0.2, 0.25) is 0 Å². The van der Waals surface area contributed by atoms with Gasteiger partial charge in [0.05, 0.1) is 17.9 Å². The molecule has 0 aliphatic carbocycles. The van der Waals surface area contributed by atoms with Crippen LogP contribution in [0, 0.1) is 6.92 Å². The van der Waals surface area contributed by atoms with Crippen molar-refractivity contribution < 1.29 is 13.5 Å². The minimum Gasteiger partial charge on any atom is -0.478 e. The molecule has 34 heavy (non-hydrogen) atoms. The first kappa shape index (κ1) is 28.8. The predicted molar refractivity (Wildman–Crippen MR) is 133 cm³/mol. The maximum atomic E-state index is 12.4. The monoisotopic (exact) mass is 493 g/mol. The number of aryl methyl sites for hydroxylation is 1. The Morgan fingerprint density at radius 1 is 1.21 bits per heavy atom. The van der Waals surface area contributed by atoms with Gasteiger partial charge < -0.3 is 9.72 Å². The van der Waals surface area contributed by atoms with Gasteiger partial charge in [0, 0.05) is 29.9 Å². The summed E-state index contributed by atoms with van der Waals surface area (Å²) in [6, 6.07) is 4.88. The van der Waals surface area contributed by atoms with Crippen molar-refractivity contribution in [2.24, 2.45) is 0 Å². The van der Waals surface area contributed by atoms with E-state index >= 15 is 0 Å². The smallest absolute Gasteiger partial charge is 0.325 e. The molecule has 0 saturated heterocycles. The molecule has 0 bridgehead atoms. The quantitative estimate of drug-likeness (QED) is 0.493. The molecule has 2 N–H and O–H groups in total. The molecule has 1 unspecified atom stereocenters. The van der Waals surface area contributed by atoms with Crippen LogP contribution in [0.5, 0.6) is 5.88 Å². The summed E-state index contributed by atoms with van der Waals surface area (Å²) < 4.78 is 29.9. The number of pyridine rings is 1. The number of alkyl halides is 2. The van der Waals surface area contributed by atoms with Gasteiger partial charge in [0.1, 0.15) is 5.69 Å². The average molecular weight is 493 g/mol. The number of hydrogen-bond acceptors (Lipinski definition) is 6. The fourth-order valence-electron chi connectivity index (χ4n) is 2.64. The van der Waals surface area contributed by atoms with Crippen molar-refractivity contribution >= 4 is 14.2 Å². The first-order valence-corrected chi connectivity index (χ1v) is 11.2. The van der Waals surface area contributed by atoms with Crippen LogP contribution >= 0.6 is 8.86 Å². The van der Waals surface area contributed by atoms with Crippen molar-refractivity contribution in [3.05, 3.63) is 68.3 Å². The molecule has 0 saturated carbocycles. The zero-order valence-electron chi connectivity index (χ0n) is 20.1. The van der Waals surface area contributed by atoms with Crippen LogP contribution in [0.3, 0.4) is 0 Å². The first-order valence-electron chi connectivity index (χ1n) is 10.7. The van der Waals surface area contributed by atoms with Crippen LogP contribution in [-0.4, -0.2) is 43.5 Å². The Bertz CT molecular complexity index is 1200. The third-order valence-corrected chi connectivity index (χ3v) is 4.70. The van der Waals surface area contributed by atoms with E-state index in [2.05, 4.69) is 34.0 Å². The molecule has 3 aromatic rings. The summed E-state index contributed by atoms with van der Waals surface area (Å²) in [6.45, 7) is 11.5. The highest BCUT2D eigenvalue weighted by Gasteiger charge is 2.17. The highest BCUT2D eigenvalue weighted by molar-refractivity contribution is 7.22. The summed E-state index contributed by atoms with van der Waals surface area (Å²) in [6.07, 6.45) is 0.457. The second-order valence-electron chi connectivity index (χ2n) is 6.82. The molecule has 0 aliphatic rings. The summed E-state index contributed by atoms with van der Waals surface area (Å²) >= 11 is 0. The average Bonchev–Trinajstić information content (AvgIpc) is 2.81. The van der Waals surface area contributed by atoms with Crippen molar-refractivity contribution in [3.63, 3.8) is 0 Å². The van der Waals surface area contributed by atoms with Crippen LogP contribution in [0.1, 0.15) is 57.4 Å². The van der Waals surface area contributed by atoms with Gasteiger partial charge in [-0.25, -0.2) is 18.6 Å². The molecule has 0 radical (unpaired) electrons. The largest absolute Gasteiger partial charge is 0.478 e. The predicted octanol–water partition coefficient (Wildman–Crippen LogP) is 4.39. The topological polar surface area (TPSA) is 114 Å². The molecule has 0 spiro atoms. The molecule has 1 atom stereocenters. The molecule has 184 valence electrons. The number of H-pyrrole nitrogens is 2. The number of rotatable bonds is 6. The summed E-state index contributed by atoms with van der Waals surface area (Å²) in [4.78, 5) is 31.0. The van der Waals surface area contributed by atoms with Crippen LogP contribution in [-0.2, 0) is 0 Å². The summed E-state index contributed by atoms with van der Waals surface area (Å²) in [5, 5.41) is 8.84. The van der Waals surface area contributed by atoms with Gasteiger partial charge in [0.25, 0.3) is 5.56 Å². The number of ether oxygens (including phenoxy) is 1. The molecule has 3 heterocycles. The molecule has 3 aromatic heterocycles. The Hall–Kier alpha value is -3.26. The Morgan fingerprint density at radius 3 is 2.44 bits per heavy atom. The number of nitrogens with zero attached hydrogens (tertiary/aromatic N) is 3. The lowest BCUT2D eigenvalue weighted by Gasteiger charge is -2.11. The maximum absolute atomic E-state index is 12.4. The Labute approximate surface area is 199 Å². The number of hydrogen-bond donors (Lipinski definition) is 2. The number of halogens is 2. The van der Waals surface area contributed by atoms with E-state index in [-0.39, 0.29) is 5.56 Å². The van der Waals surface area contributed by atoms with Crippen molar-refractivity contribution in [1.29, 1.82) is 0 Å². The zero-order chi connectivity index (χ0) is 25.8. The van der Waals surface area contributed by atoms with Gasteiger partial charge in [0.2, 0.25) is 12.3 Å². The van der Waals surface area contributed by atoms with E-state index in [1.165, 1.54) is 19.3 Å². The van der Waals surface area contributed by atoms with E-state index in [1.807, 2.05) is 34.6 Å². The van der Waals surface area contributed by atoms with Crippen LogP contribution in [0.25, 0.3) is 11.3 Å². The first-order chi connectivity index (χ1) is 16.1. The van der Waals surface area contributed by atoms with Crippen molar-refractivity contribution in [2.45, 2.75) is 53.9 Å². The standard InChI is InChI=1S/C11H11N4O2P.C10H13F2NO.C2H6/c1-5-7(6(2)18)3-9(15-14-5)8-4-12-11(17)13-10(8)16;1-3-14-9-6-8(4-5-13-9)7(2)10(11)12;1-2/h3-4,18H,1-2H3,(H2,12,13,16,17);4-7,10H,3H2,1-2H3;1-2H3. The lowest BCUT2D eigenvalue weighted by atomic mass is 10.0. The van der Waals surface area contributed by atoms with Gasteiger partial charge in [-0.1, -0.05) is 20.8 Å². The van der Waals surface area contributed by atoms with Crippen molar-refractivity contribution in [2.75, 3.05) is 6.61 Å². The summed E-state index contributed by atoms with van der Waals surface area (Å²) in [5.74, 6) is -0.380. The zero-order valence-corrected chi connectivity index (χ0v) is 21.1. The molecule has 11 heteroatoms. The van der Waals surface area contributed by atoms with E-state index in [4.69, 9.17) is 4.74 Å². The van der Waals surface area contributed by atoms with Gasteiger partial charge in [-0.3, -0.25) is 9.78 Å². The molecule has 0 fully saturated rings. The van der Waals surface area contributed by atoms with Gasteiger partial charge in [0.15, 0.2) is 0 Å². The molecular formula is C23H30F2N5O3P. The van der Waals surface area contributed by atoms with Crippen molar-refractivity contribution in [1.82, 2.24) is 25.1 Å². The SMILES string of the molecule is CC.CC(=P)c1cc(-c2c[nH]c(=O)[nH]c2=O)nnc1C.CCOc1cc(C(C)C(F)F)ccn1. The minimum atomic E-state index is -2.35. The van der Waals surface area contributed by atoms with Gasteiger partial charge in [-0.15, -0.1) is 14.0 Å². The molecule has 0 aromatic carbocycles. The van der Waals surface area contributed by atoms with E-state index < -0.39 is 23.6 Å². The Morgan fingerprint density at radius 2 is 1.88 bits per heavy atom. The number of aromatic amines is 2. The number of nitrogens with one attached hydrogen (secondary N) is 2. The summed E-state index contributed by atoms with van der Waals surface area (Å²) in [5.41, 5.74) is 1.82. The van der Waals surface area contributed by atoms with E-state index in [0.29, 0.717) is 23.7 Å². The third-order valence-electron chi connectivity index (χ3n) is 4.43. The Balaban J connectivity index is 0.000000326. The fourth-order valence-corrected chi connectivity index (χ4v) is 2.90. The molecular weight excluding hydrogens is 463 g/mol. The van der Waals surface area contributed by atoms with Crippen LogP contribution < -0.4 is 16.0 Å². The third kappa shape index (κ3) is 8.26. The number of aromatic nitrogens is 5. The van der Waals surface area contributed by atoms with Crippen molar-refractivity contribution in [3.8, 4) is 17.1 Å². The second-order valence-corrected chi connectivity index (χ2v) is 7.57. The molecule has 8 nitrogen and oxygen atoms in total.